The average Bonchev–Trinajstić information content (AvgIpc) is 2.60. The summed E-state index contributed by atoms with van der Waals surface area (Å²) in [5, 5.41) is 2.93. The first-order chi connectivity index (χ1) is 12.5. The average molecular weight is 370 g/mol. The minimum Gasteiger partial charge on any atom is -0.352 e. The van der Waals surface area contributed by atoms with Crippen LogP contribution in [-0.2, 0) is 0 Å². The van der Waals surface area contributed by atoms with Crippen molar-refractivity contribution < 1.29 is 13.6 Å². The second-order valence-corrected chi connectivity index (χ2v) is 8.46. The summed E-state index contributed by atoms with van der Waals surface area (Å²) in [5.74, 6) is 0.896. The highest BCUT2D eigenvalue weighted by molar-refractivity contribution is 5.72. The summed E-state index contributed by atoms with van der Waals surface area (Å²) in [6.07, 6.45) is 8.71. The van der Waals surface area contributed by atoms with E-state index in [4.69, 9.17) is 5.73 Å². The van der Waals surface area contributed by atoms with E-state index in [-0.39, 0.29) is 18.4 Å². The summed E-state index contributed by atoms with van der Waals surface area (Å²) in [4.78, 5) is 13.7. The third-order valence-corrected chi connectivity index (χ3v) is 6.52. The summed E-state index contributed by atoms with van der Waals surface area (Å²) in [5.41, 5.74) is 5.32. The molecule has 0 aromatic carbocycles. The van der Waals surface area contributed by atoms with Crippen molar-refractivity contribution in [3.05, 3.63) is 12.2 Å². The normalized spacial score (nSPS) is 36.8. The van der Waals surface area contributed by atoms with Crippen LogP contribution in [0.5, 0.6) is 0 Å². The number of carbonyl (C=O) groups is 1. The number of hydrogen-bond acceptors (Lipinski definition) is 2. The largest absolute Gasteiger partial charge is 0.352 e. The van der Waals surface area contributed by atoms with Gasteiger partial charge in [0.1, 0.15) is 12.3 Å². The Morgan fingerprint density at radius 2 is 1.85 bits per heavy atom. The molecule has 1 saturated carbocycles. The van der Waals surface area contributed by atoms with Crippen molar-refractivity contribution in [1.29, 1.82) is 0 Å². The number of rotatable bonds is 5. The van der Waals surface area contributed by atoms with Crippen LogP contribution in [0.15, 0.2) is 12.2 Å². The molecule has 3 aliphatic rings. The number of likely N-dealkylation sites (tertiary alicyclic amines) is 1. The molecule has 2 fully saturated rings. The molecule has 6 heteroatoms. The second-order valence-electron chi connectivity index (χ2n) is 8.46. The molecule has 5 atom stereocenters. The van der Waals surface area contributed by atoms with Gasteiger partial charge in [-0.2, -0.15) is 0 Å². The fraction of sp³-hybridized carbons (Fsp3) is 0.850. The van der Waals surface area contributed by atoms with E-state index in [1.807, 2.05) is 0 Å². The van der Waals surface area contributed by atoms with Gasteiger partial charge in [-0.05, 0) is 57.0 Å². The molecule has 0 aromatic rings. The van der Waals surface area contributed by atoms with Crippen LogP contribution < -0.4 is 11.1 Å². The van der Waals surface area contributed by atoms with Gasteiger partial charge in [-0.3, -0.25) is 0 Å². The van der Waals surface area contributed by atoms with E-state index in [0.29, 0.717) is 11.8 Å². The van der Waals surface area contributed by atoms with Crippen LogP contribution in [0, 0.1) is 17.8 Å². The van der Waals surface area contributed by atoms with Crippen molar-refractivity contribution in [3.63, 3.8) is 0 Å². The van der Waals surface area contributed by atoms with Crippen LogP contribution in [0.4, 0.5) is 13.6 Å². The van der Waals surface area contributed by atoms with Crippen molar-refractivity contribution >= 4 is 6.03 Å². The summed E-state index contributed by atoms with van der Waals surface area (Å²) in [6.45, 7) is 3.07. The van der Waals surface area contributed by atoms with Crippen molar-refractivity contribution in [1.82, 2.24) is 10.2 Å². The first-order valence-electron chi connectivity index (χ1n) is 10.3. The Hall–Kier alpha value is -1.17. The van der Waals surface area contributed by atoms with Gasteiger partial charge in [-0.25, -0.2) is 13.6 Å². The number of urea groups is 1. The van der Waals surface area contributed by atoms with Crippen molar-refractivity contribution in [3.8, 4) is 0 Å². The molecule has 0 spiro atoms. The lowest BCUT2D eigenvalue weighted by Crippen LogP contribution is -2.49. The Morgan fingerprint density at radius 1 is 1.12 bits per heavy atom. The van der Waals surface area contributed by atoms with Gasteiger partial charge in [0, 0.05) is 24.9 Å². The number of nitrogens with one attached hydrogen (secondary N) is 1. The van der Waals surface area contributed by atoms with Crippen LogP contribution >= 0.6 is 0 Å². The van der Waals surface area contributed by atoms with Gasteiger partial charge in [0.05, 0.1) is 0 Å². The minimum atomic E-state index is -1.11. The molecule has 26 heavy (non-hydrogen) atoms. The van der Waals surface area contributed by atoms with Gasteiger partial charge in [0.15, 0.2) is 0 Å². The predicted octanol–water partition coefficient (Wildman–Crippen LogP) is 3.57. The third kappa shape index (κ3) is 5.41. The standard InChI is InChI=1S/C20H33F2N3O/c21-17-6-5-15(18(22)12-17)11-14-7-9-25(10-8-14)13-16-3-1-2-4-19(16)24-20(23)26/h5-6,14-19H,1-4,7-13H2,(H3,23,24,26)/t15-,16?,17?,18?,19?/m1/s1. The monoisotopic (exact) mass is 369 g/mol. The fourth-order valence-electron chi connectivity index (χ4n) is 5.00. The highest BCUT2D eigenvalue weighted by Gasteiger charge is 2.32. The lowest BCUT2D eigenvalue weighted by molar-refractivity contribution is 0.110. The number of carbonyl (C=O) groups excluding carboxylic acids is 1. The number of amides is 2. The van der Waals surface area contributed by atoms with E-state index in [2.05, 4.69) is 10.2 Å². The molecule has 148 valence electrons. The molecule has 0 aromatic heterocycles. The zero-order valence-electron chi connectivity index (χ0n) is 15.6. The van der Waals surface area contributed by atoms with E-state index in [0.717, 1.165) is 58.2 Å². The first kappa shape index (κ1) is 19.6. The summed E-state index contributed by atoms with van der Waals surface area (Å²) >= 11 is 0. The second kappa shape index (κ2) is 9.16. The highest BCUT2D eigenvalue weighted by Crippen LogP contribution is 2.33. The number of alkyl halides is 2. The molecule has 1 saturated heterocycles. The Balaban J connectivity index is 1.43. The molecule has 0 bridgehead atoms. The van der Waals surface area contributed by atoms with Crippen LogP contribution in [-0.4, -0.2) is 49.0 Å². The number of piperidine rings is 1. The van der Waals surface area contributed by atoms with Crippen molar-refractivity contribution in [2.24, 2.45) is 23.5 Å². The van der Waals surface area contributed by atoms with Gasteiger partial charge in [0.2, 0.25) is 0 Å². The smallest absolute Gasteiger partial charge is 0.312 e. The summed E-state index contributed by atoms with van der Waals surface area (Å²) in [6, 6.07) is -0.218. The molecule has 4 nitrogen and oxygen atoms in total. The molecule has 1 aliphatic heterocycles. The third-order valence-electron chi connectivity index (χ3n) is 6.52. The van der Waals surface area contributed by atoms with Crippen molar-refractivity contribution in [2.75, 3.05) is 19.6 Å². The number of primary amides is 1. The van der Waals surface area contributed by atoms with Gasteiger partial charge in [0.25, 0.3) is 0 Å². The van der Waals surface area contributed by atoms with E-state index >= 15 is 0 Å². The Bertz CT molecular complexity index is 493. The van der Waals surface area contributed by atoms with Crippen molar-refractivity contribution in [2.45, 2.75) is 69.8 Å². The number of hydrogen-bond donors (Lipinski definition) is 2. The Labute approximate surface area is 155 Å². The summed E-state index contributed by atoms with van der Waals surface area (Å²) < 4.78 is 27.2. The Morgan fingerprint density at radius 3 is 2.54 bits per heavy atom. The molecule has 3 N–H and O–H groups in total. The fourth-order valence-corrected chi connectivity index (χ4v) is 5.00. The number of halogens is 2. The maximum atomic E-state index is 14.0. The lowest BCUT2D eigenvalue weighted by Gasteiger charge is -2.39. The number of allylic oxidation sites excluding steroid dienone is 2. The van der Waals surface area contributed by atoms with Gasteiger partial charge < -0.3 is 16.0 Å². The zero-order chi connectivity index (χ0) is 18.5. The molecule has 2 aliphatic carbocycles. The molecule has 4 unspecified atom stereocenters. The molecule has 2 amide bonds. The predicted molar refractivity (Wildman–Crippen MR) is 99.3 cm³/mol. The van der Waals surface area contributed by atoms with Gasteiger partial charge in [-0.15, -0.1) is 0 Å². The van der Waals surface area contributed by atoms with Gasteiger partial charge in [-0.1, -0.05) is 25.0 Å². The highest BCUT2D eigenvalue weighted by atomic mass is 19.1. The SMILES string of the molecule is NC(=O)NC1CCCCC1CN1CCC(C[C@H]2C=CC(F)CC2F)CC1. The maximum Gasteiger partial charge on any atom is 0.312 e. The van der Waals surface area contributed by atoms with E-state index in [1.54, 1.807) is 6.08 Å². The number of nitrogens with two attached hydrogens (primary N) is 1. The van der Waals surface area contributed by atoms with Crippen LogP contribution in [0.25, 0.3) is 0 Å². The number of nitrogens with zero attached hydrogens (tertiary/aromatic N) is 1. The summed E-state index contributed by atoms with van der Waals surface area (Å²) in [7, 11) is 0. The molecular weight excluding hydrogens is 336 g/mol. The first-order valence-corrected chi connectivity index (χ1v) is 10.3. The van der Waals surface area contributed by atoms with E-state index < -0.39 is 18.4 Å². The van der Waals surface area contributed by atoms with E-state index in [1.165, 1.54) is 12.5 Å². The maximum absolute atomic E-state index is 14.0. The topological polar surface area (TPSA) is 58.4 Å². The molecular formula is C20H33F2N3O. The minimum absolute atomic E-state index is 0.0238. The van der Waals surface area contributed by atoms with Crippen LogP contribution in [0.1, 0.15) is 51.4 Å². The van der Waals surface area contributed by atoms with Gasteiger partial charge >= 0.3 is 6.03 Å². The van der Waals surface area contributed by atoms with Crippen LogP contribution in [0.2, 0.25) is 0 Å². The molecule has 1 heterocycles. The van der Waals surface area contributed by atoms with E-state index in [9.17, 15) is 13.6 Å². The Kier molecular flexibility index (Phi) is 6.90. The zero-order valence-corrected chi connectivity index (χ0v) is 15.6. The van der Waals surface area contributed by atoms with Crippen LogP contribution in [0.3, 0.4) is 0 Å². The molecule has 0 radical (unpaired) electrons. The quantitative estimate of drug-likeness (QED) is 0.728. The molecule has 3 rings (SSSR count). The lowest BCUT2D eigenvalue weighted by atomic mass is 9.80.